The zero-order chi connectivity index (χ0) is 13.1. The fourth-order valence-corrected chi connectivity index (χ4v) is 4.83. The molecule has 0 saturated carbocycles. The van der Waals surface area contributed by atoms with Gasteiger partial charge in [0.2, 0.25) is 0 Å². The highest BCUT2D eigenvalue weighted by Crippen LogP contribution is 2.31. The molecule has 0 aliphatic rings. The van der Waals surface area contributed by atoms with Crippen molar-refractivity contribution in [3.05, 3.63) is 24.3 Å². The number of hydrogen-bond acceptors (Lipinski definition) is 4. The first-order chi connectivity index (χ1) is 8.88. The Hall–Kier alpha value is 0.620. The van der Waals surface area contributed by atoms with E-state index in [0.29, 0.717) is 0 Å². The Kier molecular flexibility index (Phi) is 10.6. The molecule has 102 valence electrons. The second-order valence-electron chi connectivity index (χ2n) is 3.84. The third-order valence-electron chi connectivity index (χ3n) is 2.35. The summed E-state index contributed by atoms with van der Waals surface area (Å²) in [5.41, 5.74) is 0. The van der Waals surface area contributed by atoms with Gasteiger partial charge in [-0.05, 0) is 60.5 Å². The van der Waals surface area contributed by atoms with Gasteiger partial charge in [0, 0.05) is 9.79 Å². The van der Waals surface area contributed by atoms with Crippen LogP contribution in [0.5, 0.6) is 0 Å². The molecule has 0 bridgehead atoms. The lowest BCUT2D eigenvalue weighted by molar-refractivity contribution is 1.11. The van der Waals surface area contributed by atoms with Crippen molar-refractivity contribution in [1.82, 2.24) is 0 Å². The fraction of sp³-hybridized carbons (Fsp3) is 0.571. The monoisotopic (exact) mass is 318 g/mol. The van der Waals surface area contributed by atoms with Crippen LogP contribution in [-0.2, 0) is 0 Å². The summed E-state index contributed by atoms with van der Waals surface area (Å²) in [6.45, 7) is 0. The van der Waals surface area contributed by atoms with Crippen LogP contribution in [0.25, 0.3) is 0 Å². The molecule has 0 heterocycles. The fourth-order valence-electron chi connectivity index (χ4n) is 1.46. The van der Waals surface area contributed by atoms with E-state index in [1.807, 2.05) is 47.0 Å². The summed E-state index contributed by atoms with van der Waals surface area (Å²) in [5, 5.41) is 0. The molecule has 1 rings (SSSR count). The average molecular weight is 319 g/mol. The van der Waals surface area contributed by atoms with E-state index in [9.17, 15) is 0 Å². The van der Waals surface area contributed by atoms with Crippen LogP contribution in [0.3, 0.4) is 0 Å². The second kappa shape index (κ2) is 11.4. The van der Waals surface area contributed by atoms with Gasteiger partial charge in [-0.2, -0.15) is 23.5 Å². The molecule has 0 atom stereocenters. The summed E-state index contributed by atoms with van der Waals surface area (Å²) in [6.07, 6.45) is 6.97. The Labute approximate surface area is 129 Å². The Balaban J connectivity index is 2.36. The van der Waals surface area contributed by atoms with E-state index >= 15 is 0 Å². The zero-order valence-electron chi connectivity index (χ0n) is 11.2. The highest BCUT2D eigenvalue weighted by molar-refractivity contribution is 8.02. The summed E-state index contributed by atoms with van der Waals surface area (Å²) in [5.74, 6) is 5.03. The van der Waals surface area contributed by atoms with E-state index in [1.165, 1.54) is 45.6 Å². The van der Waals surface area contributed by atoms with Crippen LogP contribution in [0.1, 0.15) is 12.8 Å². The van der Waals surface area contributed by atoms with Crippen molar-refractivity contribution in [3.63, 3.8) is 0 Å². The number of rotatable bonds is 10. The van der Waals surface area contributed by atoms with E-state index < -0.39 is 0 Å². The van der Waals surface area contributed by atoms with Crippen molar-refractivity contribution in [3.8, 4) is 0 Å². The van der Waals surface area contributed by atoms with Gasteiger partial charge in [0.15, 0.2) is 0 Å². The topological polar surface area (TPSA) is 0 Å². The molecule has 0 radical (unpaired) electrons. The van der Waals surface area contributed by atoms with Crippen molar-refractivity contribution in [2.45, 2.75) is 22.6 Å². The molecule has 0 aliphatic carbocycles. The molecular weight excluding hydrogens is 296 g/mol. The van der Waals surface area contributed by atoms with E-state index in [1.54, 1.807) is 0 Å². The van der Waals surface area contributed by atoms with Gasteiger partial charge in [-0.3, -0.25) is 0 Å². The maximum absolute atomic E-state index is 2.26. The SMILES string of the molecule is CSCCCSc1ccccc1SCCCSC. The maximum Gasteiger partial charge on any atom is 0.0208 e. The van der Waals surface area contributed by atoms with Gasteiger partial charge in [-0.25, -0.2) is 0 Å². The maximum atomic E-state index is 2.26. The van der Waals surface area contributed by atoms with E-state index in [0.717, 1.165) is 0 Å². The van der Waals surface area contributed by atoms with Crippen LogP contribution in [-0.4, -0.2) is 35.5 Å². The van der Waals surface area contributed by atoms with Gasteiger partial charge in [-0.15, -0.1) is 23.5 Å². The molecule has 0 nitrogen and oxygen atoms in total. The Morgan fingerprint density at radius 3 is 1.56 bits per heavy atom. The second-order valence-corrected chi connectivity index (χ2v) is 8.08. The molecular formula is C14H22S4. The largest absolute Gasteiger partial charge is 0.165 e. The molecule has 18 heavy (non-hydrogen) atoms. The summed E-state index contributed by atoms with van der Waals surface area (Å²) in [7, 11) is 0. The predicted octanol–water partition coefficient (Wildman–Crippen LogP) is 5.38. The molecule has 1 aromatic carbocycles. The van der Waals surface area contributed by atoms with Gasteiger partial charge < -0.3 is 0 Å². The summed E-state index contributed by atoms with van der Waals surface area (Å²) >= 11 is 7.90. The first kappa shape index (κ1) is 16.7. The molecule has 0 amide bonds. The highest BCUT2D eigenvalue weighted by Gasteiger charge is 2.02. The minimum Gasteiger partial charge on any atom is -0.165 e. The quantitative estimate of drug-likeness (QED) is 0.419. The van der Waals surface area contributed by atoms with Gasteiger partial charge in [-0.1, -0.05) is 12.1 Å². The minimum absolute atomic E-state index is 1.24. The van der Waals surface area contributed by atoms with Gasteiger partial charge in [0.1, 0.15) is 0 Å². The highest BCUT2D eigenvalue weighted by atomic mass is 32.2. The van der Waals surface area contributed by atoms with Gasteiger partial charge in [0.25, 0.3) is 0 Å². The molecule has 0 fully saturated rings. The minimum atomic E-state index is 1.24. The van der Waals surface area contributed by atoms with Crippen molar-refractivity contribution < 1.29 is 0 Å². The summed E-state index contributed by atoms with van der Waals surface area (Å²) in [6, 6.07) is 8.84. The average Bonchev–Trinajstić information content (AvgIpc) is 2.41. The molecule has 0 unspecified atom stereocenters. The van der Waals surface area contributed by atoms with Crippen molar-refractivity contribution in [2.75, 3.05) is 35.5 Å². The standard InChI is InChI=1S/C14H22S4/c1-15-9-5-11-17-13-7-3-4-8-14(13)18-12-6-10-16-2/h3-4,7-8H,5-6,9-12H2,1-2H3. The molecule has 0 aliphatic heterocycles. The van der Waals surface area contributed by atoms with Crippen LogP contribution in [0, 0.1) is 0 Å². The molecule has 0 aromatic heterocycles. The van der Waals surface area contributed by atoms with Crippen LogP contribution in [0.4, 0.5) is 0 Å². The van der Waals surface area contributed by atoms with Crippen molar-refractivity contribution in [1.29, 1.82) is 0 Å². The Morgan fingerprint density at radius 1 is 0.722 bits per heavy atom. The number of benzene rings is 1. The lowest BCUT2D eigenvalue weighted by Crippen LogP contribution is -1.87. The summed E-state index contributed by atoms with van der Waals surface area (Å²) < 4.78 is 0. The Bertz CT molecular complexity index is 283. The van der Waals surface area contributed by atoms with Crippen molar-refractivity contribution in [2.24, 2.45) is 0 Å². The lowest BCUT2D eigenvalue weighted by Gasteiger charge is -2.08. The molecule has 0 N–H and O–H groups in total. The molecule has 4 heteroatoms. The lowest BCUT2D eigenvalue weighted by atomic mass is 10.4. The van der Waals surface area contributed by atoms with Crippen molar-refractivity contribution >= 4 is 47.0 Å². The van der Waals surface area contributed by atoms with Crippen LogP contribution < -0.4 is 0 Å². The third-order valence-corrected chi connectivity index (χ3v) is 6.19. The molecule has 0 spiro atoms. The molecule has 1 aromatic rings. The molecule has 0 saturated heterocycles. The smallest absolute Gasteiger partial charge is 0.0208 e. The Morgan fingerprint density at radius 2 is 1.17 bits per heavy atom. The van der Waals surface area contributed by atoms with Crippen LogP contribution >= 0.6 is 47.0 Å². The van der Waals surface area contributed by atoms with E-state index in [4.69, 9.17) is 0 Å². The predicted molar refractivity (Wildman–Crippen MR) is 93.9 cm³/mol. The van der Waals surface area contributed by atoms with Crippen LogP contribution in [0.2, 0.25) is 0 Å². The van der Waals surface area contributed by atoms with E-state index in [-0.39, 0.29) is 0 Å². The van der Waals surface area contributed by atoms with E-state index in [2.05, 4.69) is 36.8 Å². The van der Waals surface area contributed by atoms with Gasteiger partial charge in [0.05, 0.1) is 0 Å². The van der Waals surface area contributed by atoms with Gasteiger partial charge >= 0.3 is 0 Å². The normalized spacial score (nSPS) is 10.8. The zero-order valence-corrected chi connectivity index (χ0v) is 14.5. The number of hydrogen-bond donors (Lipinski definition) is 0. The van der Waals surface area contributed by atoms with Crippen LogP contribution in [0.15, 0.2) is 34.1 Å². The first-order valence-corrected chi connectivity index (χ1v) is 11.0. The summed E-state index contributed by atoms with van der Waals surface area (Å²) in [4.78, 5) is 2.93. The number of thioether (sulfide) groups is 4. The third kappa shape index (κ3) is 7.27. The first-order valence-electron chi connectivity index (χ1n) is 6.21.